The molecular weight excluding hydrogens is 262 g/mol. The lowest BCUT2D eigenvalue weighted by Gasteiger charge is -2.18. The first-order valence-corrected chi connectivity index (χ1v) is 8.24. The summed E-state index contributed by atoms with van der Waals surface area (Å²) in [4.78, 5) is 2.83. The molecule has 20 heavy (non-hydrogen) atoms. The van der Waals surface area contributed by atoms with Crippen LogP contribution in [-0.2, 0) is 0 Å². The first-order valence-electron chi connectivity index (χ1n) is 7.43. The van der Waals surface area contributed by atoms with Crippen molar-refractivity contribution in [3.63, 3.8) is 0 Å². The van der Waals surface area contributed by atoms with E-state index in [1.165, 1.54) is 26.4 Å². The predicted molar refractivity (Wildman–Crippen MR) is 89.8 cm³/mol. The maximum atomic E-state index is 3.61. The molecule has 0 amide bonds. The molecule has 2 aromatic rings. The van der Waals surface area contributed by atoms with Crippen molar-refractivity contribution in [2.45, 2.75) is 46.6 Å². The number of hydrogen-bond donors (Lipinski definition) is 1. The second-order valence-corrected chi connectivity index (χ2v) is 6.99. The fraction of sp³-hybridized carbons (Fsp3) is 0.444. The summed E-state index contributed by atoms with van der Waals surface area (Å²) in [6, 6.07) is 11.7. The van der Waals surface area contributed by atoms with Crippen LogP contribution in [0.3, 0.4) is 0 Å². The molecular formula is C18H25NS. The van der Waals surface area contributed by atoms with Crippen molar-refractivity contribution in [1.82, 2.24) is 5.32 Å². The maximum absolute atomic E-state index is 3.61. The van der Waals surface area contributed by atoms with Gasteiger partial charge in [-0.25, -0.2) is 0 Å². The molecule has 0 bridgehead atoms. The molecule has 2 rings (SSSR count). The molecule has 0 aliphatic rings. The molecule has 1 atom stereocenters. The van der Waals surface area contributed by atoms with Gasteiger partial charge in [-0.2, -0.15) is 0 Å². The van der Waals surface area contributed by atoms with Crippen molar-refractivity contribution >= 4 is 11.3 Å². The van der Waals surface area contributed by atoms with E-state index >= 15 is 0 Å². The van der Waals surface area contributed by atoms with Gasteiger partial charge in [0.1, 0.15) is 0 Å². The van der Waals surface area contributed by atoms with Crippen LogP contribution in [0.5, 0.6) is 0 Å². The van der Waals surface area contributed by atoms with Crippen molar-refractivity contribution in [1.29, 1.82) is 0 Å². The summed E-state index contributed by atoms with van der Waals surface area (Å²) in [5.74, 6) is 0.591. The standard InChI is InChI=1S/C18H25NS/c1-6-19-18(17-11-13(4)14(5)20-17)16-9-7-15(8-10-16)12(2)3/h7-12,18-19H,6H2,1-5H3. The largest absolute Gasteiger partial charge is 0.306 e. The van der Waals surface area contributed by atoms with Crippen LogP contribution < -0.4 is 5.32 Å². The lowest BCUT2D eigenvalue weighted by atomic mass is 9.98. The highest BCUT2D eigenvalue weighted by atomic mass is 32.1. The highest BCUT2D eigenvalue weighted by molar-refractivity contribution is 7.12. The van der Waals surface area contributed by atoms with Crippen LogP contribution in [0, 0.1) is 13.8 Å². The Morgan fingerprint density at radius 1 is 1.05 bits per heavy atom. The summed E-state index contributed by atoms with van der Waals surface area (Å²) in [6.07, 6.45) is 0. The Balaban J connectivity index is 2.32. The topological polar surface area (TPSA) is 12.0 Å². The zero-order valence-electron chi connectivity index (χ0n) is 13.2. The van der Waals surface area contributed by atoms with Crippen molar-refractivity contribution < 1.29 is 0 Å². The average Bonchev–Trinajstić information content (AvgIpc) is 2.76. The van der Waals surface area contributed by atoms with Gasteiger partial charge in [0.2, 0.25) is 0 Å². The molecule has 0 aliphatic carbocycles. The average molecular weight is 287 g/mol. The minimum absolute atomic E-state index is 0.318. The Morgan fingerprint density at radius 2 is 1.65 bits per heavy atom. The molecule has 0 fully saturated rings. The zero-order chi connectivity index (χ0) is 14.7. The van der Waals surface area contributed by atoms with Crippen molar-refractivity contribution in [2.75, 3.05) is 6.54 Å². The lowest BCUT2D eigenvalue weighted by Crippen LogP contribution is -2.21. The lowest BCUT2D eigenvalue weighted by molar-refractivity contribution is 0.639. The van der Waals surface area contributed by atoms with Crippen LogP contribution in [0.1, 0.15) is 59.2 Å². The Kier molecular flexibility index (Phi) is 5.00. The summed E-state index contributed by atoms with van der Waals surface area (Å²) < 4.78 is 0. The predicted octanol–water partition coefficient (Wildman–Crippen LogP) is 5.19. The van der Waals surface area contributed by atoms with E-state index in [2.05, 4.69) is 70.3 Å². The minimum atomic E-state index is 0.318. The van der Waals surface area contributed by atoms with Gasteiger partial charge in [-0.05, 0) is 49.1 Å². The first-order chi connectivity index (χ1) is 9.52. The number of hydrogen-bond acceptors (Lipinski definition) is 2. The van der Waals surface area contributed by atoms with Gasteiger partial charge >= 0.3 is 0 Å². The van der Waals surface area contributed by atoms with Gasteiger partial charge in [0.25, 0.3) is 0 Å². The molecule has 0 spiro atoms. The van der Waals surface area contributed by atoms with E-state index in [1.807, 2.05) is 11.3 Å². The monoisotopic (exact) mass is 287 g/mol. The summed E-state index contributed by atoms with van der Waals surface area (Å²) in [6.45, 7) is 12.0. The molecule has 0 saturated heterocycles. The highest BCUT2D eigenvalue weighted by Crippen LogP contribution is 2.31. The van der Waals surface area contributed by atoms with E-state index in [4.69, 9.17) is 0 Å². The molecule has 1 aromatic heterocycles. The van der Waals surface area contributed by atoms with Gasteiger partial charge in [0, 0.05) is 9.75 Å². The molecule has 1 unspecified atom stereocenters. The van der Waals surface area contributed by atoms with Crippen LogP contribution in [0.4, 0.5) is 0 Å². The van der Waals surface area contributed by atoms with Crippen molar-refractivity contribution in [3.8, 4) is 0 Å². The number of nitrogens with one attached hydrogen (secondary N) is 1. The number of benzene rings is 1. The second kappa shape index (κ2) is 6.55. The van der Waals surface area contributed by atoms with Crippen molar-refractivity contribution in [2.24, 2.45) is 0 Å². The van der Waals surface area contributed by atoms with Gasteiger partial charge in [0.05, 0.1) is 6.04 Å². The Morgan fingerprint density at radius 3 is 2.10 bits per heavy atom. The zero-order valence-corrected chi connectivity index (χ0v) is 14.0. The van der Waals surface area contributed by atoms with Gasteiger partial charge in [0.15, 0.2) is 0 Å². The summed E-state index contributed by atoms with van der Waals surface area (Å²) >= 11 is 1.91. The number of thiophene rings is 1. The van der Waals surface area contributed by atoms with E-state index in [0.717, 1.165) is 6.54 Å². The summed E-state index contributed by atoms with van der Waals surface area (Å²) in [5.41, 5.74) is 4.16. The van der Waals surface area contributed by atoms with E-state index in [0.29, 0.717) is 12.0 Å². The summed E-state index contributed by atoms with van der Waals surface area (Å²) in [7, 11) is 0. The number of rotatable bonds is 5. The van der Waals surface area contributed by atoms with Gasteiger partial charge < -0.3 is 5.32 Å². The van der Waals surface area contributed by atoms with Crippen LogP contribution >= 0.6 is 11.3 Å². The van der Waals surface area contributed by atoms with Crippen LogP contribution in [0.15, 0.2) is 30.3 Å². The van der Waals surface area contributed by atoms with Crippen LogP contribution in [0.2, 0.25) is 0 Å². The Labute approximate surface area is 127 Å². The quantitative estimate of drug-likeness (QED) is 0.798. The fourth-order valence-corrected chi connectivity index (χ4v) is 3.55. The molecule has 0 radical (unpaired) electrons. The molecule has 108 valence electrons. The highest BCUT2D eigenvalue weighted by Gasteiger charge is 2.16. The van der Waals surface area contributed by atoms with Gasteiger partial charge in [-0.1, -0.05) is 45.0 Å². The van der Waals surface area contributed by atoms with Gasteiger partial charge in [-0.15, -0.1) is 11.3 Å². The molecule has 1 nitrogen and oxygen atoms in total. The maximum Gasteiger partial charge on any atom is 0.0671 e. The van der Waals surface area contributed by atoms with Crippen molar-refractivity contribution in [3.05, 3.63) is 56.8 Å². The normalized spacial score (nSPS) is 12.9. The van der Waals surface area contributed by atoms with E-state index in [9.17, 15) is 0 Å². The fourth-order valence-electron chi connectivity index (χ4n) is 2.40. The first kappa shape index (κ1) is 15.3. The molecule has 0 saturated carbocycles. The third-order valence-electron chi connectivity index (χ3n) is 3.81. The minimum Gasteiger partial charge on any atom is -0.306 e. The van der Waals surface area contributed by atoms with E-state index in [-0.39, 0.29) is 0 Å². The Hall–Kier alpha value is -1.12. The number of aryl methyl sites for hydroxylation is 2. The second-order valence-electron chi connectivity index (χ2n) is 5.70. The molecule has 1 aromatic carbocycles. The van der Waals surface area contributed by atoms with E-state index in [1.54, 1.807) is 0 Å². The molecule has 1 N–H and O–H groups in total. The molecule has 2 heteroatoms. The van der Waals surface area contributed by atoms with Crippen LogP contribution in [0.25, 0.3) is 0 Å². The third-order valence-corrected chi connectivity index (χ3v) is 5.03. The molecule has 1 heterocycles. The molecule has 0 aliphatic heterocycles. The smallest absolute Gasteiger partial charge is 0.0671 e. The SMILES string of the molecule is CCNC(c1ccc(C(C)C)cc1)c1cc(C)c(C)s1. The summed E-state index contributed by atoms with van der Waals surface area (Å²) in [5, 5.41) is 3.61. The van der Waals surface area contributed by atoms with E-state index < -0.39 is 0 Å². The Bertz CT molecular complexity index is 532. The van der Waals surface area contributed by atoms with Crippen LogP contribution in [-0.4, -0.2) is 6.54 Å². The third kappa shape index (κ3) is 3.31. The van der Waals surface area contributed by atoms with Gasteiger partial charge in [-0.3, -0.25) is 0 Å².